The van der Waals surface area contributed by atoms with Crippen molar-refractivity contribution in [3.05, 3.63) is 34.9 Å². The molecule has 1 aliphatic carbocycles. The van der Waals surface area contributed by atoms with Crippen molar-refractivity contribution in [2.75, 3.05) is 5.75 Å². The van der Waals surface area contributed by atoms with Crippen molar-refractivity contribution in [1.82, 2.24) is 0 Å². The molecule has 0 atom stereocenters. The lowest BCUT2D eigenvalue weighted by molar-refractivity contribution is 0.643. The molecule has 0 spiro atoms. The first-order valence-corrected chi connectivity index (χ1v) is 6.74. The molecule has 0 aliphatic heterocycles. The van der Waals surface area contributed by atoms with Crippen molar-refractivity contribution >= 4 is 38.5 Å². The Morgan fingerprint density at radius 3 is 2.73 bits per heavy atom. The third kappa shape index (κ3) is 1.58. The zero-order valence-electron chi connectivity index (χ0n) is 9.12. The zero-order valence-corrected chi connectivity index (χ0v) is 10.9. The fraction of sp³-hybridized carbons (Fsp3) is 0.308. The van der Waals surface area contributed by atoms with Gasteiger partial charge in [0.15, 0.2) is 0 Å². The summed E-state index contributed by atoms with van der Waals surface area (Å²) in [5, 5.41) is 1.32. The maximum Gasteiger partial charge on any atom is 0.0125 e. The monoisotopic (exact) mass is 234 g/mol. The van der Waals surface area contributed by atoms with Crippen LogP contribution in [0.5, 0.6) is 0 Å². The molecule has 2 rings (SSSR count). The first kappa shape index (κ1) is 11.0. The first-order valence-electron chi connectivity index (χ1n) is 5.03. The Morgan fingerprint density at radius 1 is 1.40 bits per heavy atom. The molecule has 1 aromatic rings. The highest BCUT2D eigenvalue weighted by molar-refractivity contribution is 7.80. The van der Waals surface area contributed by atoms with Crippen LogP contribution in [0.4, 0.5) is 0 Å². The fourth-order valence-corrected chi connectivity index (χ4v) is 3.19. The van der Waals surface area contributed by atoms with E-state index < -0.39 is 0 Å². The van der Waals surface area contributed by atoms with E-state index in [-0.39, 0.29) is 5.41 Å². The Labute approximate surface area is 98.6 Å². The van der Waals surface area contributed by atoms with E-state index in [9.17, 15) is 0 Å². The molecule has 1 aromatic carbocycles. The van der Waals surface area contributed by atoms with E-state index in [2.05, 4.69) is 57.1 Å². The molecule has 0 N–H and O–H groups in total. The number of thiol groups is 1. The molecule has 0 aromatic heterocycles. The third-order valence-electron chi connectivity index (χ3n) is 3.22. The second-order valence-corrected chi connectivity index (χ2v) is 5.46. The van der Waals surface area contributed by atoms with Crippen molar-refractivity contribution in [1.29, 1.82) is 0 Å². The molecule has 0 fully saturated rings. The maximum absolute atomic E-state index is 4.41. The highest BCUT2D eigenvalue weighted by atomic mass is 32.1. The quantitative estimate of drug-likeness (QED) is 0.589. The maximum atomic E-state index is 4.41. The van der Waals surface area contributed by atoms with Gasteiger partial charge in [0.05, 0.1) is 0 Å². The molecular weight excluding hydrogens is 219 g/mol. The molecule has 2 heteroatoms. The first-order chi connectivity index (χ1) is 7.11. The van der Waals surface area contributed by atoms with Gasteiger partial charge in [-0.05, 0) is 22.8 Å². The van der Waals surface area contributed by atoms with Gasteiger partial charge in [-0.15, -0.1) is 0 Å². The standard InChI is InChI=1S/C13H15PS/c1-13(2)9(8-15)7-10-11(13)5-4-6-12(10)14-3/h4-7,15H,3,8H2,1-2H3. The Morgan fingerprint density at radius 2 is 2.13 bits per heavy atom. The van der Waals surface area contributed by atoms with Gasteiger partial charge in [0.25, 0.3) is 0 Å². The summed E-state index contributed by atoms with van der Waals surface area (Å²) in [6, 6.07) is 6.50. The predicted octanol–water partition coefficient (Wildman–Crippen LogP) is 3.29. The largest absolute Gasteiger partial charge is 0.175 e. The van der Waals surface area contributed by atoms with Crippen LogP contribution in [0.3, 0.4) is 0 Å². The van der Waals surface area contributed by atoms with Crippen LogP contribution in [0.1, 0.15) is 25.0 Å². The Bertz CT molecular complexity index is 444. The summed E-state index contributed by atoms with van der Waals surface area (Å²) in [4.78, 5) is 0. The molecule has 78 valence electrons. The normalized spacial score (nSPS) is 17.7. The summed E-state index contributed by atoms with van der Waals surface area (Å²) in [6.07, 6.45) is 6.24. The number of hydrogen-bond acceptors (Lipinski definition) is 1. The smallest absolute Gasteiger partial charge is 0.0125 e. The van der Waals surface area contributed by atoms with E-state index in [4.69, 9.17) is 0 Å². The average molecular weight is 234 g/mol. The minimum Gasteiger partial charge on any atom is -0.175 e. The van der Waals surface area contributed by atoms with E-state index in [1.165, 1.54) is 22.0 Å². The van der Waals surface area contributed by atoms with Gasteiger partial charge < -0.3 is 0 Å². The second kappa shape index (κ2) is 3.81. The van der Waals surface area contributed by atoms with Crippen LogP contribution in [-0.4, -0.2) is 12.1 Å². The highest BCUT2D eigenvalue weighted by Crippen LogP contribution is 2.41. The van der Waals surface area contributed by atoms with E-state index in [1.807, 2.05) is 0 Å². The summed E-state index contributed by atoms with van der Waals surface area (Å²) < 4.78 is 0. The van der Waals surface area contributed by atoms with Crippen LogP contribution >= 0.6 is 20.8 Å². The summed E-state index contributed by atoms with van der Waals surface area (Å²) >= 11 is 4.41. The van der Waals surface area contributed by atoms with Gasteiger partial charge in [-0.1, -0.05) is 46.6 Å². The molecule has 0 radical (unpaired) electrons. The van der Waals surface area contributed by atoms with Gasteiger partial charge in [-0.3, -0.25) is 0 Å². The van der Waals surface area contributed by atoms with Gasteiger partial charge in [0.2, 0.25) is 0 Å². The molecule has 0 amide bonds. The van der Waals surface area contributed by atoms with Crippen LogP contribution in [-0.2, 0) is 5.41 Å². The van der Waals surface area contributed by atoms with Crippen molar-refractivity contribution in [2.24, 2.45) is 0 Å². The summed E-state index contributed by atoms with van der Waals surface area (Å²) in [5.74, 6) is 0.829. The zero-order chi connectivity index (χ0) is 11.1. The van der Waals surface area contributed by atoms with Crippen molar-refractivity contribution in [3.63, 3.8) is 0 Å². The molecule has 0 heterocycles. The average Bonchev–Trinajstić information content (AvgIpc) is 2.50. The van der Waals surface area contributed by atoms with Gasteiger partial charge in [0, 0.05) is 16.5 Å². The number of benzene rings is 1. The lowest BCUT2D eigenvalue weighted by atomic mass is 9.82. The molecule has 0 nitrogen and oxygen atoms in total. The third-order valence-corrected chi connectivity index (χ3v) is 4.29. The number of fused-ring (bicyclic) bond motifs is 1. The molecule has 0 bridgehead atoms. The molecule has 1 aliphatic rings. The number of rotatable bonds is 2. The van der Waals surface area contributed by atoms with Gasteiger partial charge in [0.1, 0.15) is 0 Å². The molecule has 0 saturated heterocycles. The highest BCUT2D eigenvalue weighted by Gasteiger charge is 2.32. The number of hydrogen-bond donors (Lipinski definition) is 1. The second-order valence-electron chi connectivity index (χ2n) is 4.35. The molecule has 0 saturated carbocycles. The molecule has 15 heavy (non-hydrogen) atoms. The van der Waals surface area contributed by atoms with E-state index in [0.29, 0.717) is 0 Å². The minimum absolute atomic E-state index is 0.137. The summed E-state index contributed by atoms with van der Waals surface area (Å²) in [6.45, 7) is 4.54. The van der Waals surface area contributed by atoms with Crippen LogP contribution in [0, 0.1) is 0 Å². The Balaban J connectivity index is 2.67. The topological polar surface area (TPSA) is 0 Å². The Hall–Kier alpha value is -0.520. The summed E-state index contributed by atoms with van der Waals surface area (Å²) in [5.41, 5.74) is 4.32. The molecular formula is C13H15PS. The van der Waals surface area contributed by atoms with E-state index in [0.717, 1.165) is 14.0 Å². The van der Waals surface area contributed by atoms with Crippen LogP contribution < -0.4 is 5.30 Å². The van der Waals surface area contributed by atoms with Gasteiger partial charge in [-0.2, -0.15) is 12.6 Å². The lowest BCUT2D eigenvalue weighted by Gasteiger charge is -2.23. The lowest BCUT2D eigenvalue weighted by Crippen LogP contribution is -2.19. The van der Waals surface area contributed by atoms with E-state index in [1.54, 1.807) is 0 Å². The SMILES string of the molecule is C=Pc1cccc2c1C=C(CS)C2(C)C. The molecule has 0 unspecified atom stereocenters. The van der Waals surface area contributed by atoms with Crippen molar-refractivity contribution in [2.45, 2.75) is 19.3 Å². The van der Waals surface area contributed by atoms with Crippen molar-refractivity contribution < 1.29 is 0 Å². The van der Waals surface area contributed by atoms with E-state index >= 15 is 0 Å². The predicted molar refractivity (Wildman–Crippen MR) is 75.0 cm³/mol. The van der Waals surface area contributed by atoms with Gasteiger partial charge >= 0.3 is 0 Å². The van der Waals surface area contributed by atoms with Crippen molar-refractivity contribution in [3.8, 4) is 0 Å². The van der Waals surface area contributed by atoms with Crippen LogP contribution in [0.2, 0.25) is 0 Å². The summed E-state index contributed by atoms with van der Waals surface area (Å²) in [7, 11) is 1.09. The van der Waals surface area contributed by atoms with Crippen LogP contribution in [0.25, 0.3) is 6.08 Å². The Kier molecular flexibility index (Phi) is 2.79. The minimum atomic E-state index is 0.137. The van der Waals surface area contributed by atoms with Gasteiger partial charge in [-0.25, -0.2) is 0 Å². The fourth-order valence-electron chi connectivity index (χ4n) is 2.16. The van der Waals surface area contributed by atoms with Crippen LogP contribution in [0.15, 0.2) is 23.8 Å².